The fourth-order valence-electron chi connectivity index (χ4n) is 2.92. The lowest BCUT2D eigenvalue weighted by molar-refractivity contribution is 0.0792. The maximum absolute atomic E-state index is 12.7. The van der Waals surface area contributed by atoms with Crippen LogP contribution in [0, 0.1) is 13.8 Å². The highest BCUT2D eigenvalue weighted by Gasteiger charge is 2.23. The number of aryl methyl sites for hydroxylation is 2. The Kier molecular flexibility index (Phi) is 4.81. The molecule has 2 aromatic rings. The Bertz CT molecular complexity index is 883. The number of carbonyl (C=O) groups is 1. The van der Waals surface area contributed by atoms with Gasteiger partial charge >= 0.3 is 0 Å². The second-order valence-corrected chi connectivity index (χ2v) is 8.13. The van der Waals surface area contributed by atoms with Gasteiger partial charge < -0.3 is 4.90 Å². The molecule has 1 saturated heterocycles. The summed E-state index contributed by atoms with van der Waals surface area (Å²) in [4.78, 5) is 14.5. The second-order valence-electron chi connectivity index (χ2n) is 6.45. The molecule has 0 aromatic heterocycles. The Hall–Kier alpha value is -2.34. The van der Waals surface area contributed by atoms with E-state index >= 15 is 0 Å². The third-order valence-electron chi connectivity index (χ3n) is 4.45. The molecule has 2 aromatic carbocycles. The third kappa shape index (κ3) is 3.85. The molecule has 132 valence electrons. The quantitative estimate of drug-likeness (QED) is 0.911. The van der Waals surface area contributed by atoms with Crippen molar-refractivity contribution in [2.75, 3.05) is 17.8 Å². The van der Waals surface area contributed by atoms with Gasteiger partial charge in [0.25, 0.3) is 15.9 Å². The van der Waals surface area contributed by atoms with E-state index in [0.29, 0.717) is 11.3 Å². The van der Waals surface area contributed by atoms with Crippen molar-refractivity contribution < 1.29 is 13.2 Å². The van der Waals surface area contributed by atoms with Crippen molar-refractivity contribution in [3.05, 3.63) is 59.2 Å². The minimum Gasteiger partial charge on any atom is -0.339 e. The van der Waals surface area contributed by atoms with Crippen LogP contribution in [0.2, 0.25) is 0 Å². The van der Waals surface area contributed by atoms with Crippen molar-refractivity contribution in [3.8, 4) is 0 Å². The minimum absolute atomic E-state index is 0.0950. The molecule has 0 atom stereocenters. The molecule has 1 N–H and O–H groups in total. The van der Waals surface area contributed by atoms with E-state index in [1.165, 1.54) is 12.1 Å². The first kappa shape index (κ1) is 17.5. The number of nitrogens with zero attached hydrogens (tertiary/aromatic N) is 1. The van der Waals surface area contributed by atoms with Crippen LogP contribution in [-0.4, -0.2) is 32.3 Å². The normalized spacial score (nSPS) is 14.6. The van der Waals surface area contributed by atoms with E-state index in [-0.39, 0.29) is 10.8 Å². The monoisotopic (exact) mass is 358 g/mol. The average molecular weight is 358 g/mol. The van der Waals surface area contributed by atoms with Crippen molar-refractivity contribution in [2.24, 2.45) is 0 Å². The Morgan fingerprint density at radius 1 is 1.00 bits per heavy atom. The molecular formula is C19H22N2O3S. The van der Waals surface area contributed by atoms with Crippen LogP contribution in [0.5, 0.6) is 0 Å². The zero-order valence-corrected chi connectivity index (χ0v) is 15.3. The maximum Gasteiger partial charge on any atom is 0.261 e. The molecule has 25 heavy (non-hydrogen) atoms. The molecule has 6 heteroatoms. The number of sulfonamides is 1. The molecule has 1 aliphatic heterocycles. The summed E-state index contributed by atoms with van der Waals surface area (Å²) in [5, 5.41) is 0. The smallest absolute Gasteiger partial charge is 0.261 e. The van der Waals surface area contributed by atoms with E-state index in [1.54, 1.807) is 23.1 Å². The number of nitrogens with one attached hydrogen (secondary N) is 1. The van der Waals surface area contributed by atoms with Crippen LogP contribution in [0.15, 0.2) is 47.4 Å². The van der Waals surface area contributed by atoms with Crippen LogP contribution in [0.3, 0.4) is 0 Å². The van der Waals surface area contributed by atoms with Crippen molar-refractivity contribution in [1.82, 2.24) is 4.90 Å². The predicted octanol–water partition coefficient (Wildman–Crippen LogP) is 3.34. The molecule has 0 aliphatic carbocycles. The van der Waals surface area contributed by atoms with E-state index in [0.717, 1.165) is 37.1 Å². The molecule has 0 spiro atoms. The Morgan fingerprint density at radius 3 is 2.28 bits per heavy atom. The Morgan fingerprint density at radius 2 is 1.64 bits per heavy atom. The number of hydrogen-bond donors (Lipinski definition) is 1. The summed E-state index contributed by atoms with van der Waals surface area (Å²) in [6, 6.07) is 11.8. The summed E-state index contributed by atoms with van der Waals surface area (Å²) in [7, 11) is -3.74. The SMILES string of the molecule is Cc1ccc(NS(=O)(=O)c2ccc(C)c(C(=O)N3CCCC3)c2)cc1. The zero-order chi connectivity index (χ0) is 18.0. The second kappa shape index (κ2) is 6.88. The van der Waals surface area contributed by atoms with Crippen molar-refractivity contribution in [2.45, 2.75) is 31.6 Å². The van der Waals surface area contributed by atoms with Crippen molar-refractivity contribution in [3.63, 3.8) is 0 Å². The molecule has 0 unspecified atom stereocenters. The predicted molar refractivity (Wildman–Crippen MR) is 98.3 cm³/mol. The van der Waals surface area contributed by atoms with Gasteiger partial charge in [-0.2, -0.15) is 0 Å². The van der Waals surface area contributed by atoms with E-state index < -0.39 is 10.0 Å². The topological polar surface area (TPSA) is 66.5 Å². The number of anilines is 1. The molecule has 1 fully saturated rings. The van der Waals surface area contributed by atoms with Gasteiger partial charge in [0.15, 0.2) is 0 Å². The first-order valence-electron chi connectivity index (χ1n) is 8.36. The molecule has 1 aliphatic rings. The number of rotatable bonds is 4. The molecule has 0 bridgehead atoms. The summed E-state index contributed by atoms with van der Waals surface area (Å²) in [5.74, 6) is -0.0950. The number of likely N-dealkylation sites (tertiary alicyclic amines) is 1. The van der Waals surface area contributed by atoms with Crippen LogP contribution in [0.1, 0.15) is 34.3 Å². The average Bonchev–Trinajstić information content (AvgIpc) is 3.11. The molecule has 1 heterocycles. The standard InChI is InChI=1S/C19H22N2O3S/c1-14-5-8-16(9-6-14)20-25(23,24)17-10-7-15(2)18(13-17)19(22)21-11-3-4-12-21/h5-10,13,20H,3-4,11-12H2,1-2H3. The minimum atomic E-state index is -3.74. The van der Waals surface area contributed by atoms with Gasteiger partial charge in [-0.25, -0.2) is 8.42 Å². The van der Waals surface area contributed by atoms with Gasteiger partial charge in [-0.05, 0) is 56.5 Å². The van der Waals surface area contributed by atoms with Crippen molar-refractivity contribution >= 4 is 21.6 Å². The Balaban J connectivity index is 1.89. The van der Waals surface area contributed by atoms with E-state index in [9.17, 15) is 13.2 Å². The summed E-state index contributed by atoms with van der Waals surface area (Å²) in [5.41, 5.74) is 2.79. The van der Waals surface area contributed by atoms with Gasteiger partial charge in [0.2, 0.25) is 0 Å². The van der Waals surface area contributed by atoms with E-state index in [1.807, 2.05) is 26.0 Å². The van der Waals surface area contributed by atoms with Crippen molar-refractivity contribution in [1.29, 1.82) is 0 Å². The fourth-order valence-corrected chi connectivity index (χ4v) is 4.01. The summed E-state index contributed by atoms with van der Waals surface area (Å²) in [6.45, 7) is 5.23. The van der Waals surface area contributed by atoms with Crippen LogP contribution in [0.25, 0.3) is 0 Å². The highest BCUT2D eigenvalue weighted by atomic mass is 32.2. The summed E-state index contributed by atoms with van der Waals surface area (Å²) >= 11 is 0. The van der Waals surface area contributed by atoms with Crippen LogP contribution < -0.4 is 4.72 Å². The number of amides is 1. The van der Waals surface area contributed by atoms with E-state index in [4.69, 9.17) is 0 Å². The van der Waals surface area contributed by atoms with Gasteiger partial charge in [0.1, 0.15) is 0 Å². The zero-order valence-electron chi connectivity index (χ0n) is 14.5. The number of benzene rings is 2. The summed E-state index contributed by atoms with van der Waals surface area (Å²) < 4.78 is 27.9. The summed E-state index contributed by atoms with van der Waals surface area (Å²) in [6.07, 6.45) is 2.00. The lowest BCUT2D eigenvalue weighted by Gasteiger charge is -2.17. The third-order valence-corrected chi connectivity index (χ3v) is 5.83. The first-order valence-corrected chi connectivity index (χ1v) is 9.84. The van der Waals surface area contributed by atoms with Gasteiger partial charge in [-0.15, -0.1) is 0 Å². The maximum atomic E-state index is 12.7. The lowest BCUT2D eigenvalue weighted by atomic mass is 10.1. The number of hydrogen-bond acceptors (Lipinski definition) is 3. The largest absolute Gasteiger partial charge is 0.339 e. The van der Waals surface area contributed by atoms with Gasteiger partial charge in [-0.1, -0.05) is 23.8 Å². The van der Waals surface area contributed by atoms with Crippen LogP contribution >= 0.6 is 0 Å². The fraction of sp³-hybridized carbons (Fsp3) is 0.316. The van der Waals surface area contributed by atoms with Crippen LogP contribution in [0.4, 0.5) is 5.69 Å². The highest BCUT2D eigenvalue weighted by Crippen LogP contribution is 2.22. The molecule has 3 rings (SSSR count). The lowest BCUT2D eigenvalue weighted by Crippen LogP contribution is -2.28. The molecule has 5 nitrogen and oxygen atoms in total. The highest BCUT2D eigenvalue weighted by molar-refractivity contribution is 7.92. The molecule has 0 saturated carbocycles. The van der Waals surface area contributed by atoms with Gasteiger partial charge in [0, 0.05) is 24.3 Å². The molecule has 0 radical (unpaired) electrons. The van der Waals surface area contributed by atoms with Gasteiger partial charge in [0.05, 0.1) is 4.90 Å². The molecule has 1 amide bonds. The van der Waals surface area contributed by atoms with Gasteiger partial charge in [-0.3, -0.25) is 9.52 Å². The molecular weight excluding hydrogens is 336 g/mol. The van der Waals surface area contributed by atoms with E-state index in [2.05, 4.69) is 4.72 Å². The van der Waals surface area contributed by atoms with Crippen LogP contribution in [-0.2, 0) is 10.0 Å². The Labute approximate surface area is 148 Å². The number of carbonyl (C=O) groups excluding carboxylic acids is 1. The first-order chi connectivity index (χ1) is 11.9.